The molecule has 0 aliphatic heterocycles. The van der Waals surface area contributed by atoms with Crippen LogP contribution in [0.15, 0.2) is 18.5 Å². The minimum absolute atomic E-state index is 0.527. The molecule has 2 aromatic rings. The van der Waals surface area contributed by atoms with Gasteiger partial charge >= 0.3 is 0 Å². The van der Waals surface area contributed by atoms with Crippen LogP contribution in [0.25, 0.3) is 11.4 Å². The van der Waals surface area contributed by atoms with Gasteiger partial charge in [-0.1, -0.05) is 0 Å². The Morgan fingerprint density at radius 1 is 1.00 bits per heavy atom. The lowest BCUT2D eigenvalue weighted by molar-refractivity contribution is 0.187. The molecule has 1 heterocycles. The summed E-state index contributed by atoms with van der Waals surface area (Å²) in [5.74, 6) is 2.37. The van der Waals surface area contributed by atoms with Gasteiger partial charge in [0, 0.05) is 13.7 Å². The highest BCUT2D eigenvalue weighted by Crippen LogP contribution is 2.43. The third-order valence-corrected chi connectivity index (χ3v) is 3.10. The van der Waals surface area contributed by atoms with Crippen molar-refractivity contribution in [1.82, 2.24) is 14.8 Å². The van der Waals surface area contributed by atoms with Crippen molar-refractivity contribution < 1.29 is 18.9 Å². The van der Waals surface area contributed by atoms with Gasteiger partial charge in [-0.05, 0) is 12.1 Å². The second kappa shape index (κ2) is 6.94. The molecule has 7 heteroatoms. The van der Waals surface area contributed by atoms with E-state index in [1.807, 2.05) is 16.7 Å². The molecule has 0 bridgehead atoms. The van der Waals surface area contributed by atoms with E-state index in [-0.39, 0.29) is 0 Å². The van der Waals surface area contributed by atoms with E-state index in [1.165, 1.54) is 0 Å². The Bertz CT molecular complexity index is 598. The minimum Gasteiger partial charge on any atom is -0.493 e. The van der Waals surface area contributed by atoms with E-state index >= 15 is 0 Å². The van der Waals surface area contributed by atoms with Crippen LogP contribution in [0.5, 0.6) is 17.2 Å². The Kier molecular flexibility index (Phi) is 4.99. The van der Waals surface area contributed by atoms with Crippen molar-refractivity contribution in [2.45, 2.75) is 6.54 Å². The van der Waals surface area contributed by atoms with Crippen molar-refractivity contribution >= 4 is 0 Å². The molecule has 0 N–H and O–H groups in total. The molecule has 0 unspecified atom stereocenters. The van der Waals surface area contributed by atoms with Gasteiger partial charge in [-0.25, -0.2) is 0 Å². The fraction of sp³-hybridized carbons (Fsp3) is 0.429. The summed E-state index contributed by atoms with van der Waals surface area (Å²) >= 11 is 0. The van der Waals surface area contributed by atoms with Gasteiger partial charge in [0.05, 0.1) is 33.5 Å². The summed E-state index contributed by atoms with van der Waals surface area (Å²) in [7, 11) is 6.38. The Labute approximate surface area is 123 Å². The zero-order chi connectivity index (χ0) is 15.2. The number of benzene rings is 1. The lowest BCUT2D eigenvalue weighted by Gasteiger charge is -2.15. The number of nitrogens with zero attached hydrogens (tertiary/aromatic N) is 3. The highest BCUT2D eigenvalue weighted by molar-refractivity contribution is 5.72. The lowest BCUT2D eigenvalue weighted by atomic mass is 10.1. The normalized spacial score (nSPS) is 10.5. The van der Waals surface area contributed by atoms with Gasteiger partial charge in [0.25, 0.3) is 0 Å². The fourth-order valence-electron chi connectivity index (χ4n) is 2.09. The fourth-order valence-corrected chi connectivity index (χ4v) is 2.09. The van der Waals surface area contributed by atoms with Crippen molar-refractivity contribution in [1.29, 1.82) is 0 Å². The zero-order valence-corrected chi connectivity index (χ0v) is 12.6. The van der Waals surface area contributed by atoms with Crippen LogP contribution in [0.4, 0.5) is 0 Å². The van der Waals surface area contributed by atoms with E-state index in [9.17, 15) is 0 Å². The van der Waals surface area contributed by atoms with Gasteiger partial charge in [-0.3, -0.25) is 0 Å². The molecule has 0 fully saturated rings. The predicted octanol–water partition coefficient (Wildman–Crippen LogP) is 1.62. The maximum Gasteiger partial charge on any atom is 0.204 e. The Balaban J connectivity index is 2.51. The van der Waals surface area contributed by atoms with Gasteiger partial charge in [-0.15, -0.1) is 10.2 Å². The minimum atomic E-state index is 0.527. The van der Waals surface area contributed by atoms with E-state index in [0.717, 1.165) is 5.56 Å². The predicted molar refractivity (Wildman–Crippen MR) is 77.0 cm³/mol. The SMILES string of the molecule is COCCn1cnnc1-c1ccc(OC)c(OC)c1OC. The van der Waals surface area contributed by atoms with Crippen molar-refractivity contribution in [3.05, 3.63) is 18.5 Å². The lowest BCUT2D eigenvalue weighted by Crippen LogP contribution is -2.06. The molecule has 1 aromatic carbocycles. The van der Waals surface area contributed by atoms with Gasteiger partial charge < -0.3 is 23.5 Å². The summed E-state index contributed by atoms with van der Waals surface area (Å²) < 4.78 is 23.1. The molecule has 0 atom stereocenters. The molecule has 114 valence electrons. The molecule has 0 amide bonds. The molecular formula is C14H19N3O4. The molecule has 0 radical (unpaired) electrons. The summed E-state index contributed by atoms with van der Waals surface area (Å²) in [6, 6.07) is 3.68. The summed E-state index contributed by atoms with van der Waals surface area (Å²) in [4.78, 5) is 0. The number of ether oxygens (including phenoxy) is 4. The van der Waals surface area contributed by atoms with Crippen LogP contribution in [0.3, 0.4) is 0 Å². The molecule has 7 nitrogen and oxygen atoms in total. The highest BCUT2D eigenvalue weighted by Gasteiger charge is 2.20. The quantitative estimate of drug-likeness (QED) is 0.772. The van der Waals surface area contributed by atoms with Crippen LogP contribution in [0.2, 0.25) is 0 Å². The molecule has 2 rings (SSSR count). The number of methoxy groups -OCH3 is 4. The number of hydrogen-bond donors (Lipinski definition) is 0. The number of rotatable bonds is 7. The second-order valence-corrected chi connectivity index (χ2v) is 4.22. The standard InChI is InChI=1S/C14H19N3O4/c1-18-8-7-17-9-15-16-14(17)10-5-6-11(19-2)13(21-4)12(10)20-3/h5-6,9H,7-8H2,1-4H3. The van der Waals surface area contributed by atoms with Crippen LogP contribution in [-0.2, 0) is 11.3 Å². The maximum absolute atomic E-state index is 5.48. The molecule has 0 aliphatic carbocycles. The van der Waals surface area contributed by atoms with Gasteiger partial charge in [0.15, 0.2) is 17.3 Å². The van der Waals surface area contributed by atoms with Crippen LogP contribution >= 0.6 is 0 Å². The first-order valence-corrected chi connectivity index (χ1v) is 6.42. The van der Waals surface area contributed by atoms with E-state index in [2.05, 4.69) is 10.2 Å². The zero-order valence-electron chi connectivity index (χ0n) is 12.6. The summed E-state index contributed by atoms with van der Waals surface area (Å²) in [6.45, 7) is 1.22. The van der Waals surface area contributed by atoms with E-state index in [4.69, 9.17) is 18.9 Å². The maximum atomic E-state index is 5.48. The summed E-state index contributed by atoms with van der Waals surface area (Å²) in [5.41, 5.74) is 0.781. The molecule has 21 heavy (non-hydrogen) atoms. The van der Waals surface area contributed by atoms with Crippen molar-refractivity contribution in [2.24, 2.45) is 0 Å². The number of hydrogen-bond acceptors (Lipinski definition) is 6. The third kappa shape index (κ3) is 2.92. The topological polar surface area (TPSA) is 67.6 Å². The van der Waals surface area contributed by atoms with Crippen molar-refractivity contribution in [3.8, 4) is 28.6 Å². The summed E-state index contributed by atoms with van der Waals surface area (Å²) in [5, 5.41) is 8.11. The Morgan fingerprint density at radius 2 is 1.76 bits per heavy atom. The average molecular weight is 293 g/mol. The van der Waals surface area contributed by atoms with Crippen LogP contribution in [0.1, 0.15) is 0 Å². The largest absolute Gasteiger partial charge is 0.493 e. The molecular weight excluding hydrogens is 274 g/mol. The molecule has 0 saturated carbocycles. The first kappa shape index (κ1) is 15.1. The van der Waals surface area contributed by atoms with Crippen molar-refractivity contribution in [3.63, 3.8) is 0 Å². The van der Waals surface area contributed by atoms with E-state index in [0.29, 0.717) is 36.2 Å². The average Bonchev–Trinajstić information content (AvgIpc) is 2.99. The second-order valence-electron chi connectivity index (χ2n) is 4.22. The van der Waals surface area contributed by atoms with Crippen LogP contribution in [0, 0.1) is 0 Å². The van der Waals surface area contributed by atoms with Gasteiger partial charge in [-0.2, -0.15) is 0 Å². The first-order valence-electron chi connectivity index (χ1n) is 6.42. The van der Waals surface area contributed by atoms with Crippen LogP contribution < -0.4 is 14.2 Å². The van der Waals surface area contributed by atoms with Crippen LogP contribution in [-0.4, -0.2) is 49.8 Å². The Morgan fingerprint density at radius 3 is 2.38 bits per heavy atom. The van der Waals surface area contributed by atoms with Gasteiger partial charge in [0.1, 0.15) is 6.33 Å². The monoisotopic (exact) mass is 293 g/mol. The molecule has 1 aromatic heterocycles. The van der Waals surface area contributed by atoms with Gasteiger partial charge in [0.2, 0.25) is 5.75 Å². The first-order chi connectivity index (χ1) is 10.3. The summed E-state index contributed by atoms with van der Waals surface area (Å²) in [6.07, 6.45) is 1.66. The highest BCUT2D eigenvalue weighted by atomic mass is 16.5. The van der Waals surface area contributed by atoms with E-state index < -0.39 is 0 Å². The smallest absolute Gasteiger partial charge is 0.204 e. The number of aromatic nitrogens is 3. The molecule has 0 aliphatic rings. The van der Waals surface area contributed by atoms with E-state index in [1.54, 1.807) is 34.8 Å². The van der Waals surface area contributed by atoms with Crippen molar-refractivity contribution in [2.75, 3.05) is 35.0 Å². The third-order valence-electron chi connectivity index (χ3n) is 3.10. The Hall–Kier alpha value is -2.28. The molecule has 0 saturated heterocycles. The molecule has 0 spiro atoms.